The summed E-state index contributed by atoms with van der Waals surface area (Å²) in [6, 6.07) is 8.61. The fraction of sp³-hybridized carbons (Fsp3) is 0.611. The van der Waals surface area contributed by atoms with E-state index >= 15 is 0 Å². The summed E-state index contributed by atoms with van der Waals surface area (Å²) in [4.78, 5) is 4.75. The fourth-order valence-electron chi connectivity index (χ4n) is 3.87. The molecule has 5 heteroatoms. The number of ether oxygens (including phenoxy) is 1. The average Bonchev–Trinajstić information content (AvgIpc) is 2.92. The predicted octanol–water partition coefficient (Wildman–Crippen LogP) is 3.97. The van der Waals surface area contributed by atoms with Crippen molar-refractivity contribution in [2.24, 2.45) is 22.1 Å². The van der Waals surface area contributed by atoms with Gasteiger partial charge in [-0.3, -0.25) is 0 Å². The van der Waals surface area contributed by atoms with Crippen LogP contribution in [0.1, 0.15) is 45.6 Å². The van der Waals surface area contributed by atoms with Crippen LogP contribution in [-0.4, -0.2) is 24.7 Å². The molecule has 1 saturated heterocycles. The third-order valence-corrected chi connectivity index (χ3v) is 5.14. The van der Waals surface area contributed by atoms with Crippen LogP contribution in [-0.2, 0) is 4.74 Å². The van der Waals surface area contributed by atoms with Gasteiger partial charge in [-0.2, -0.15) is 0 Å². The Hall–Kier alpha value is -0.820. The first-order chi connectivity index (χ1) is 10.4. The lowest BCUT2D eigenvalue weighted by Gasteiger charge is -2.52. The molecule has 0 radical (unpaired) electrons. The number of fused-ring (bicyclic) bond motifs is 1. The molecule has 1 aliphatic carbocycles. The number of rotatable bonds is 3. The molecule has 3 N–H and O–H groups in total. The summed E-state index contributed by atoms with van der Waals surface area (Å²) >= 11 is 0. The van der Waals surface area contributed by atoms with Crippen molar-refractivity contribution in [2.45, 2.75) is 52.2 Å². The van der Waals surface area contributed by atoms with Gasteiger partial charge in [-0.25, -0.2) is 4.99 Å². The summed E-state index contributed by atoms with van der Waals surface area (Å²) in [5.41, 5.74) is 8.52. The smallest absolute Gasteiger partial charge is 0.193 e. The van der Waals surface area contributed by atoms with Crippen molar-refractivity contribution in [3.63, 3.8) is 0 Å². The van der Waals surface area contributed by atoms with Crippen LogP contribution in [0.5, 0.6) is 0 Å². The monoisotopic (exact) mass is 429 g/mol. The number of hydrogen-bond donors (Lipinski definition) is 2. The number of hydrogen-bond acceptors (Lipinski definition) is 2. The van der Waals surface area contributed by atoms with E-state index in [1.807, 2.05) is 6.07 Å². The van der Waals surface area contributed by atoms with Crippen molar-refractivity contribution < 1.29 is 4.74 Å². The van der Waals surface area contributed by atoms with Crippen LogP contribution in [0.3, 0.4) is 0 Å². The summed E-state index contributed by atoms with van der Waals surface area (Å²) in [5, 5.41) is 3.24. The van der Waals surface area contributed by atoms with E-state index in [0.717, 1.165) is 18.7 Å². The number of guanidine groups is 1. The van der Waals surface area contributed by atoms with Gasteiger partial charge in [-0.05, 0) is 30.0 Å². The highest BCUT2D eigenvalue weighted by molar-refractivity contribution is 14.0. The van der Waals surface area contributed by atoms with Crippen molar-refractivity contribution in [2.75, 3.05) is 11.9 Å². The first kappa shape index (κ1) is 18.5. The van der Waals surface area contributed by atoms with Crippen LogP contribution in [0.15, 0.2) is 29.3 Å². The third kappa shape index (κ3) is 3.50. The number of halogens is 1. The molecular formula is C18H28IN3O. The maximum atomic E-state index is 6.14. The molecule has 1 aliphatic heterocycles. The molecule has 0 aromatic heterocycles. The molecule has 0 spiro atoms. The highest BCUT2D eigenvalue weighted by Gasteiger charge is 2.59. The Labute approximate surface area is 156 Å². The van der Waals surface area contributed by atoms with E-state index in [1.54, 1.807) is 0 Å². The average molecular weight is 429 g/mol. The van der Waals surface area contributed by atoms with Crippen molar-refractivity contribution in [3.05, 3.63) is 29.8 Å². The predicted molar refractivity (Wildman–Crippen MR) is 107 cm³/mol. The SMILES string of the molecule is CC(C)c1cccc(NC(N)=NC2C3CCOC3C2(C)C)c1.I. The van der Waals surface area contributed by atoms with Crippen molar-refractivity contribution in [3.8, 4) is 0 Å². The molecule has 1 heterocycles. The summed E-state index contributed by atoms with van der Waals surface area (Å²) in [6.07, 6.45) is 1.44. The van der Waals surface area contributed by atoms with E-state index in [4.69, 9.17) is 15.5 Å². The Balaban J connectivity index is 0.00000192. The van der Waals surface area contributed by atoms with E-state index in [0.29, 0.717) is 23.9 Å². The van der Waals surface area contributed by atoms with Gasteiger partial charge in [0, 0.05) is 23.6 Å². The van der Waals surface area contributed by atoms with Crippen LogP contribution in [0, 0.1) is 11.3 Å². The normalized spacial score (nSPS) is 28.7. The molecule has 2 aliphatic rings. The van der Waals surface area contributed by atoms with Crippen LogP contribution < -0.4 is 11.1 Å². The number of nitrogens with two attached hydrogens (primary N) is 1. The molecule has 4 nitrogen and oxygen atoms in total. The highest BCUT2D eigenvalue weighted by Crippen LogP contribution is 2.53. The van der Waals surface area contributed by atoms with Gasteiger partial charge in [0.2, 0.25) is 0 Å². The second kappa shape index (κ2) is 6.97. The number of benzene rings is 1. The largest absolute Gasteiger partial charge is 0.377 e. The van der Waals surface area contributed by atoms with Gasteiger partial charge >= 0.3 is 0 Å². The molecular weight excluding hydrogens is 401 g/mol. The van der Waals surface area contributed by atoms with Crippen molar-refractivity contribution in [1.29, 1.82) is 0 Å². The van der Waals surface area contributed by atoms with Gasteiger partial charge in [0.25, 0.3) is 0 Å². The van der Waals surface area contributed by atoms with E-state index in [1.165, 1.54) is 5.56 Å². The van der Waals surface area contributed by atoms with E-state index in [2.05, 4.69) is 51.2 Å². The Morgan fingerprint density at radius 3 is 2.83 bits per heavy atom. The second-order valence-corrected chi connectivity index (χ2v) is 7.43. The summed E-state index contributed by atoms with van der Waals surface area (Å²) in [5.74, 6) is 1.53. The van der Waals surface area contributed by atoms with Gasteiger partial charge < -0.3 is 15.8 Å². The van der Waals surface area contributed by atoms with Gasteiger partial charge in [0.15, 0.2) is 5.96 Å². The van der Waals surface area contributed by atoms with Crippen LogP contribution in [0.25, 0.3) is 0 Å². The van der Waals surface area contributed by atoms with Crippen LogP contribution in [0.4, 0.5) is 5.69 Å². The first-order valence-electron chi connectivity index (χ1n) is 8.21. The van der Waals surface area contributed by atoms with Crippen molar-refractivity contribution in [1.82, 2.24) is 0 Å². The molecule has 23 heavy (non-hydrogen) atoms. The molecule has 128 valence electrons. The molecule has 0 bridgehead atoms. The molecule has 3 unspecified atom stereocenters. The Kier molecular flexibility index (Phi) is 5.61. The number of nitrogens with one attached hydrogen (secondary N) is 1. The lowest BCUT2D eigenvalue weighted by molar-refractivity contribution is -0.0985. The summed E-state index contributed by atoms with van der Waals surface area (Å²) < 4.78 is 5.81. The van der Waals surface area contributed by atoms with Crippen molar-refractivity contribution >= 4 is 35.6 Å². The van der Waals surface area contributed by atoms with Gasteiger partial charge in [-0.1, -0.05) is 39.8 Å². The Morgan fingerprint density at radius 1 is 1.39 bits per heavy atom. The minimum Gasteiger partial charge on any atom is -0.377 e. The molecule has 3 atom stereocenters. The highest BCUT2D eigenvalue weighted by atomic mass is 127. The maximum absolute atomic E-state index is 6.14. The molecule has 0 amide bonds. The summed E-state index contributed by atoms with van der Waals surface area (Å²) in [6.45, 7) is 9.68. The van der Waals surface area contributed by atoms with Gasteiger partial charge in [0.05, 0.1) is 12.1 Å². The second-order valence-electron chi connectivity index (χ2n) is 7.43. The number of aliphatic imine (C=N–C) groups is 1. The topological polar surface area (TPSA) is 59.6 Å². The molecule has 1 saturated carbocycles. The van der Waals surface area contributed by atoms with Gasteiger partial charge in [0.1, 0.15) is 0 Å². The molecule has 1 aromatic rings. The number of anilines is 1. The van der Waals surface area contributed by atoms with E-state index in [-0.39, 0.29) is 35.4 Å². The fourth-order valence-corrected chi connectivity index (χ4v) is 3.87. The minimum absolute atomic E-state index is 0. The number of nitrogens with zero attached hydrogens (tertiary/aromatic N) is 1. The Bertz CT molecular complexity index is 585. The van der Waals surface area contributed by atoms with Crippen LogP contribution in [0.2, 0.25) is 0 Å². The third-order valence-electron chi connectivity index (χ3n) is 5.14. The van der Waals surface area contributed by atoms with E-state index < -0.39 is 0 Å². The maximum Gasteiger partial charge on any atom is 0.193 e. The lowest BCUT2D eigenvalue weighted by Crippen LogP contribution is -2.59. The molecule has 1 aromatic carbocycles. The quantitative estimate of drug-likeness (QED) is 0.434. The minimum atomic E-state index is 0. The van der Waals surface area contributed by atoms with Gasteiger partial charge in [-0.15, -0.1) is 24.0 Å². The first-order valence-corrected chi connectivity index (χ1v) is 8.21. The van der Waals surface area contributed by atoms with E-state index in [9.17, 15) is 0 Å². The summed E-state index contributed by atoms with van der Waals surface area (Å²) in [7, 11) is 0. The van der Waals surface area contributed by atoms with Crippen LogP contribution >= 0.6 is 24.0 Å². The zero-order chi connectivity index (χ0) is 15.9. The standard InChI is InChI=1S/C18H27N3O.HI/c1-11(2)12-6-5-7-13(10-12)20-17(19)21-15-14-8-9-22-16(14)18(15,3)4;/h5-7,10-11,14-16H,8-9H2,1-4H3,(H3,19,20,21);1H. The molecule has 2 fully saturated rings. The lowest BCUT2D eigenvalue weighted by atomic mass is 9.57. The Morgan fingerprint density at radius 2 is 2.13 bits per heavy atom. The zero-order valence-electron chi connectivity index (χ0n) is 14.4. The zero-order valence-corrected chi connectivity index (χ0v) is 16.7. The molecule has 3 rings (SSSR count).